The maximum atomic E-state index is 12.9. The standard InChI is InChI=1S/C14H17BrFNO2/c15-13-6-11(16)5-4-10(13)8-17-7-9-2-1-3-12(9)14(18)19/h4-6,9,12,17H,1-3,7-8H2,(H,18,19). The molecule has 2 rings (SSSR count). The molecule has 1 aromatic carbocycles. The van der Waals surface area contributed by atoms with Gasteiger partial charge >= 0.3 is 5.97 Å². The van der Waals surface area contributed by atoms with Gasteiger partial charge in [-0.1, -0.05) is 28.4 Å². The van der Waals surface area contributed by atoms with Gasteiger partial charge in [-0.15, -0.1) is 0 Å². The number of benzene rings is 1. The molecule has 0 aliphatic heterocycles. The zero-order chi connectivity index (χ0) is 13.8. The van der Waals surface area contributed by atoms with E-state index in [-0.39, 0.29) is 17.7 Å². The van der Waals surface area contributed by atoms with Gasteiger partial charge in [0.2, 0.25) is 0 Å². The second kappa shape index (κ2) is 6.48. The average Bonchev–Trinajstić information content (AvgIpc) is 2.80. The summed E-state index contributed by atoms with van der Waals surface area (Å²) in [5.74, 6) is -0.967. The van der Waals surface area contributed by atoms with Crippen LogP contribution in [0, 0.1) is 17.7 Å². The van der Waals surface area contributed by atoms with Crippen molar-refractivity contribution < 1.29 is 14.3 Å². The summed E-state index contributed by atoms with van der Waals surface area (Å²) in [5, 5.41) is 12.4. The Labute approximate surface area is 120 Å². The van der Waals surface area contributed by atoms with Crippen molar-refractivity contribution in [1.82, 2.24) is 5.32 Å². The van der Waals surface area contributed by atoms with Crippen LogP contribution >= 0.6 is 15.9 Å². The van der Waals surface area contributed by atoms with Crippen molar-refractivity contribution in [2.45, 2.75) is 25.8 Å². The Bertz CT molecular complexity index is 467. The zero-order valence-corrected chi connectivity index (χ0v) is 12.1. The van der Waals surface area contributed by atoms with Gasteiger partial charge < -0.3 is 10.4 Å². The molecule has 1 saturated carbocycles. The summed E-state index contributed by atoms with van der Waals surface area (Å²) in [6, 6.07) is 4.60. The maximum absolute atomic E-state index is 12.9. The van der Waals surface area contributed by atoms with Crippen LogP contribution in [-0.4, -0.2) is 17.6 Å². The van der Waals surface area contributed by atoms with Gasteiger partial charge in [0.25, 0.3) is 0 Å². The number of carboxylic acid groups (broad SMARTS) is 1. The molecule has 1 aliphatic carbocycles. The van der Waals surface area contributed by atoms with Crippen LogP contribution in [0.5, 0.6) is 0 Å². The third-order valence-corrected chi connectivity index (χ3v) is 4.45. The van der Waals surface area contributed by atoms with Crippen LogP contribution in [0.2, 0.25) is 0 Å². The van der Waals surface area contributed by atoms with Gasteiger partial charge in [0.1, 0.15) is 5.82 Å². The van der Waals surface area contributed by atoms with Crippen LogP contribution in [0.1, 0.15) is 24.8 Å². The fraction of sp³-hybridized carbons (Fsp3) is 0.500. The Morgan fingerprint density at radius 3 is 2.95 bits per heavy atom. The summed E-state index contributed by atoms with van der Waals surface area (Å²) in [6.07, 6.45) is 2.74. The molecule has 2 atom stereocenters. The van der Waals surface area contributed by atoms with Crippen molar-refractivity contribution in [3.8, 4) is 0 Å². The lowest BCUT2D eigenvalue weighted by atomic mass is 9.96. The number of hydrogen-bond acceptors (Lipinski definition) is 2. The van der Waals surface area contributed by atoms with Crippen molar-refractivity contribution in [1.29, 1.82) is 0 Å². The second-order valence-corrected chi connectivity index (χ2v) is 5.86. The molecule has 1 aromatic rings. The fourth-order valence-electron chi connectivity index (χ4n) is 2.66. The molecule has 1 fully saturated rings. The van der Waals surface area contributed by atoms with Crippen LogP contribution < -0.4 is 5.32 Å². The molecule has 0 amide bonds. The number of aliphatic carboxylic acids is 1. The number of carboxylic acids is 1. The summed E-state index contributed by atoms with van der Waals surface area (Å²) in [7, 11) is 0. The Balaban J connectivity index is 1.84. The number of halogens is 2. The summed E-state index contributed by atoms with van der Waals surface area (Å²) < 4.78 is 13.7. The minimum atomic E-state index is -0.688. The van der Waals surface area contributed by atoms with Crippen LogP contribution in [0.15, 0.2) is 22.7 Å². The van der Waals surface area contributed by atoms with Crippen LogP contribution in [0.3, 0.4) is 0 Å². The van der Waals surface area contributed by atoms with Crippen molar-refractivity contribution in [3.63, 3.8) is 0 Å². The van der Waals surface area contributed by atoms with E-state index in [9.17, 15) is 9.18 Å². The highest BCUT2D eigenvalue weighted by atomic mass is 79.9. The normalized spacial score (nSPS) is 22.6. The number of hydrogen-bond donors (Lipinski definition) is 2. The van der Waals surface area contributed by atoms with E-state index in [1.165, 1.54) is 12.1 Å². The van der Waals surface area contributed by atoms with Gasteiger partial charge in [0.05, 0.1) is 5.92 Å². The molecule has 3 nitrogen and oxygen atoms in total. The third kappa shape index (κ3) is 3.76. The molecule has 0 radical (unpaired) electrons. The first kappa shape index (κ1) is 14.5. The Morgan fingerprint density at radius 2 is 2.26 bits per heavy atom. The van der Waals surface area contributed by atoms with Gasteiger partial charge in [-0.2, -0.15) is 0 Å². The van der Waals surface area contributed by atoms with Crippen LogP contribution in [0.25, 0.3) is 0 Å². The van der Waals surface area contributed by atoms with Gasteiger partial charge in [0, 0.05) is 11.0 Å². The van der Waals surface area contributed by atoms with E-state index in [1.807, 2.05) is 0 Å². The van der Waals surface area contributed by atoms with Crippen molar-refractivity contribution in [2.24, 2.45) is 11.8 Å². The molecule has 2 unspecified atom stereocenters. The maximum Gasteiger partial charge on any atom is 0.306 e. The SMILES string of the molecule is O=C(O)C1CCCC1CNCc1ccc(F)cc1Br. The summed E-state index contributed by atoms with van der Waals surface area (Å²) >= 11 is 3.32. The number of rotatable bonds is 5. The highest BCUT2D eigenvalue weighted by Crippen LogP contribution is 2.31. The summed E-state index contributed by atoms with van der Waals surface area (Å²) in [5.41, 5.74) is 0.978. The van der Waals surface area contributed by atoms with Crippen LogP contribution in [0.4, 0.5) is 4.39 Å². The molecule has 0 saturated heterocycles. The lowest BCUT2D eigenvalue weighted by Crippen LogP contribution is -2.28. The second-order valence-electron chi connectivity index (χ2n) is 5.00. The zero-order valence-electron chi connectivity index (χ0n) is 10.5. The average molecular weight is 330 g/mol. The first-order chi connectivity index (χ1) is 9.08. The summed E-state index contributed by atoms with van der Waals surface area (Å²) in [6.45, 7) is 1.31. The third-order valence-electron chi connectivity index (χ3n) is 3.71. The van der Waals surface area contributed by atoms with Crippen molar-refractivity contribution in [2.75, 3.05) is 6.54 Å². The van der Waals surface area contributed by atoms with E-state index in [0.717, 1.165) is 29.3 Å². The molecule has 5 heteroatoms. The molecule has 0 spiro atoms. The predicted molar refractivity (Wildman–Crippen MR) is 74.3 cm³/mol. The fourth-order valence-corrected chi connectivity index (χ4v) is 3.15. The van der Waals surface area contributed by atoms with Gasteiger partial charge in [-0.3, -0.25) is 4.79 Å². The van der Waals surface area contributed by atoms with Crippen molar-refractivity contribution >= 4 is 21.9 Å². The first-order valence-corrected chi connectivity index (χ1v) is 7.24. The van der Waals surface area contributed by atoms with E-state index in [0.29, 0.717) is 13.1 Å². The molecular formula is C14H17BrFNO2. The molecule has 0 aromatic heterocycles. The molecule has 2 N–H and O–H groups in total. The van der Waals surface area contributed by atoms with Gasteiger partial charge in [0.15, 0.2) is 0 Å². The highest BCUT2D eigenvalue weighted by Gasteiger charge is 2.32. The Morgan fingerprint density at radius 1 is 1.47 bits per heavy atom. The Hall–Kier alpha value is -0.940. The van der Waals surface area contributed by atoms with Crippen molar-refractivity contribution in [3.05, 3.63) is 34.1 Å². The minimum absolute atomic E-state index is 0.205. The van der Waals surface area contributed by atoms with Gasteiger partial charge in [-0.25, -0.2) is 4.39 Å². The number of carbonyl (C=O) groups is 1. The minimum Gasteiger partial charge on any atom is -0.481 e. The van der Waals surface area contributed by atoms with Crippen LogP contribution in [-0.2, 0) is 11.3 Å². The smallest absolute Gasteiger partial charge is 0.306 e. The number of nitrogens with one attached hydrogen (secondary N) is 1. The van der Waals surface area contributed by atoms with E-state index in [1.54, 1.807) is 6.07 Å². The lowest BCUT2D eigenvalue weighted by molar-refractivity contribution is -0.142. The van der Waals surface area contributed by atoms with Gasteiger partial charge in [-0.05, 0) is 43.0 Å². The monoisotopic (exact) mass is 329 g/mol. The van der Waals surface area contributed by atoms with E-state index < -0.39 is 5.97 Å². The molecule has 104 valence electrons. The molecule has 1 aliphatic rings. The topological polar surface area (TPSA) is 49.3 Å². The predicted octanol–water partition coefficient (Wildman–Crippen LogP) is 3.18. The first-order valence-electron chi connectivity index (χ1n) is 6.45. The highest BCUT2D eigenvalue weighted by molar-refractivity contribution is 9.10. The quantitative estimate of drug-likeness (QED) is 0.872. The molecular weight excluding hydrogens is 313 g/mol. The van der Waals surface area contributed by atoms with E-state index >= 15 is 0 Å². The molecule has 19 heavy (non-hydrogen) atoms. The lowest BCUT2D eigenvalue weighted by Gasteiger charge is -2.16. The largest absolute Gasteiger partial charge is 0.481 e. The molecule has 0 bridgehead atoms. The van der Waals surface area contributed by atoms with E-state index in [2.05, 4.69) is 21.2 Å². The van der Waals surface area contributed by atoms with E-state index in [4.69, 9.17) is 5.11 Å². The molecule has 0 heterocycles. The Kier molecular flexibility index (Phi) is 4.93. The summed E-state index contributed by atoms with van der Waals surface area (Å²) in [4.78, 5) is 11.1.